The van der Waals surface area contributed by atoms with Gasteiger partial charge in [0, 0.05) is 0 Å². The Labute approximate surface area is 63.8 Å². The van der Waals surface area contributed by atoms with Gasteiger partial charge in [-0.15, -0.1) is 0 Å². The van der Waals surface area contributed by atoms with E-state index in [0.717, 1.165) is 6.42 Å². The SMILES string of the molecule is CCCCCC(C)=CC[O]. The summed E-state index contributed by atoms with van der Waals surface area (Å²) >= 11 is 0. The first-order chi connectivity index (χ1) is 4.81. The third-order valence-electron chi connectivity index (χ3n) is 1.61. The highest BCUT2D eigenvalue weighted by atomic mass is 16.2. The largest absolute Gasteiger partial charge is 0.232 e. The van der Waals surface area contributed by atoms with E-state index in [0.29, 0.717) is 0 Å². The molecule has 0 aromatic carbocycles. The van der Waals surface area contributed by atoms with Crippen molar-refractivity contribution in [1.29, 1.82) is 0 Å². The number of rotatable bonds is 5. The molecule has 0 aromatic heterocycles. The number of hydrogen-bond donors (Lipinski definition) is 0. The highest BCUT2D eigenvalue weighted by Crippen LogP contribution is 2.06. The summed E-state index contributed by atoms with van der Waals surface area (Å²) in [5.74, 6) is 0. The van der Waals surface area contributed by atoms with Gasteiger partial charge < -0.3 is 0 Å². The molecule has 59 valence electrons. The van der Waals surface area contributed by atoms with Gasteiger partial charge in [-0.1, -0.05) is 31.4 Å². The van der Waals surface area contributed by atoms with E-state index in [1.807, 2.05) is 6.92 Å². The molecule has 10 heavy (non-hydrogen) atoms. The maximum Gasteiger partial charge on any atom is 0.101 e. The highest BCUT2D eigenvalue weighted by molar-refractivity contribution is 4.97. The summed E-state index contributed by atoms with van der Waals surface area (Å²) in [6, 6.07) is 0. The monoisotopic (exact) mass is 141 g/mol. The molecule has 1 nitrogen and oxygen atoms in total. The van der Waals surface area contributed by atoms with Crippen LogP contribution < -0.4 is 0 Å². The lowest BCUT2D eigenvalue weighted by atomic mass is 10.1. The zero-order valence-electron chi connectivity index (χ0n) is 7.02. The second-order valence-electron chi connectivity index (χ2n) is 2.67. The summed E-state index contributed by atoms with van der Waals surface area (Å²) in [5, 5.41) is 10.1. The van der Waals surface area contributed by atoms with Crippen LogP contribution in [0.15, 0.2) is 11.6 Å². The van der Waals surface area contributed by atoms with Crippen molar-refractivity contribution in [1.82, 2.24) is 0 Å². The van der Waals surface area contributed by atoms with Crippen LogP contribution in [0.2, 0.25) is 0 Å². The standard InChI is InChI=1S/C9H17O/c1-3-4-5-6-9(2)7-8-10/h7H,3-6,8H2,1-2H3. The molecule has 0 aromatic rings. The topological polar surface area (TPSA) is 19.9 Å². The molecule has 0 aliphatic carbocycles. The van der Waals surface area contributed by atoms with Crippen LogP contribution in [0.25, 0.3) is 0 Å². The van der Waals surface area contributed by atoms with E-state index in [-0.39, 0.29) is 6.61 Å². The van der Waals surface area contributed by atoms with Crippen LogP contribution >= 0.6 is 0 Å². The third-order valence-corrected chi connectivity index (χ3v) is 1.61. The summed E-state index contributed by atoms with van der Waals surface area (Å²) in [7, 11) is 0. The molecule has 1 heteroatoms. The first kappa shape index (κ1) is 9.70. The zero-order valence-corrected chi connectivity index (χ0v) is 7.02. The molecule has 1 radical (unpaired) electrons. The Hall–Kier alpha value is -0.300. The van der Waals surface area contributed by atoms with E-state index < -0.39 is 0 Å². The maximum absolute atomic E-state index is 10.1. The van der Waals surface area contributed by atoms with Crippen molar-refractivity contribution in [3.05, 3.63) is 11.6 Å². The molecule has 0 rings (SSSR count). The molecule has 0 heterocycles. The lowest BCUT2D eigenvalue weighted by Gasteiger charge is -1.97. The quantitative estimate of drug-likeness (QED) is 0.414. The summed E-state index contributed by atoms with van der Waals surface area (Å²) in [4.78, 5) is 0. The van der Waals surface area contributed by atoms with Gasteiger partial charge in [0.2, 0.25) is 0 Å². The first-order valence-electron chi connectivity index (χ1n) is 4.05. The van der Waals surface area contributed by atoms with Gasteiger partial charge >= 0.3 is 0 Å². The number of unbranched alkanes of at least 4 members (excludes halogenated alkanes) is 2. The summed E-state index contributed by atoms with van der Waals surface area (Å²) in [5.41, 5.74) is 1.25. The van der Waals surface area contributed by atoms with Crippen molar-refractivity contribution in [2.24, 2.45) is 0 Å². The van der Waals surface area contributed by atoms with Crippen molar-refractivity contribution in [3.63, 3.8) is 0 Å². The molecule has 0 saturated heterocycles. The van der Waals surface area contributed by atoms with Gasteiger partial charge in [-0.25, -0.2) is 5.11 Å². The Morgan fingerprint density at radius 1 is 1.40 bits per heavy atom. The van der Waals surface area contributed by atoms with Crippen molar-refractivity contribution >= 4 is 0 Å². The fraction of sp³-hybridized carbons (Fsp3) is 0.778. The smallest absolute Gasteiger partial charge is 0.101 e. The lowest BCUT2D eigenvalue weighted by Crippen LogP contribution is -1.80. The molecule has 0 unspecified atom stereocenters. The highest BCUT2D eigenvalue weighted by Gasteiger charge is 1.88. The van der Waals surface area contributed by atoms with Crippen LogP contribution in [0.5, 0.6) is 0 Å². The molecule has 0 fully saturated rings. The average molecular weight is 141 g/mol. The van der Waals surface area contributed by atoms with Gasteiger partial charge in [0.25, 0.3) is 0 Å². The van der Waals surface area contributed by atoms with Crippen molar-refractivity contribution in [2.75, 3.05) is 6.61 Å². The summed E-state index contributed by atoms with van der Waals surface area (Å²) in [6.45, 7) is 4.16. The predicted molar refractivity (Wildman–Crippen MR) is 43.5 cm³/mol. The van der Waals surface area contributed by atoms with Gasteiger partial charge in [0.1, 0.15) is 6.61 Å². The predicted octanol–water partition coefficient (Wildman–Crippen LogP) is 2.94. The van der Waals surface area contributed by atoms with Gasteiger partial charge in [0.05, 0.1) is 0 Å². The zero-order chi connectivity index (χ0) is 7.82. The Morgan fingerprint density at radius 3 is 2.60 bits per heavy atom. The molecular formula is C9H17O. The third kappa shape index (κ3) is 5.83. The van der Waals surface area contributed by atoms with Crippen LogP contribution in [0.3, 0.4) is 0 Å². The Kier molecular flexibility index (Phi) is 6.61. The molecular weight excluding hydrogens is 124 g/mol. The van der Waals surface area contributed by atoms with Gasteiger partial charge in [-0.3, -0.25) is 0 Å². The molecule has 0 aliphatic heterocycles. The Balaban J connectivity index is 3.21. The Morgan fingerprint density at radius 2 is 2.10 bits per heavy atom. The normalized spacial score (nSPS) is 12.1. The first-order valence-corrected chi connectivity index (χ1v) is 4.05. The second kappa shape index (κ2) is 6.81. The van der Waals surface area contributed by atoms with Gasteiger partial charge in [-0.05, 0) is 19.8 Å². The van der Waals surface area contributed by atoms with Crippen LogP contribution in [0, 0.1) is 0 Å². The van der Waals surface area contributed by atoms with Gasteiger partial charge in [0.15, 0.2) is 0 Å². The molecule has 0 saturated carbocycles. The van der Waals surface area contributed by atoms with E-state index in [1.165, 1.54) is 24.8 Å². The molecule has 0 bridgehead atoms. The van der Waals surface area contributed by atoms with E-state index in [9.17, 15) is 5.11 Å². The van der Waals surface area contributed by atoms with Crippen molar-refractivity contribution < 1.29 is 5.11 Å². The summed E-state index contributed by atoms with van der Waals surface area (Å²) in [6.07, 6.45) is 6.65. The maximum atomic E-state index is 10.1. The molecule has 0 N–H and O–H groups in total. The fourth-order valence-electron chi connectivity index (χ4n) is 0.898. The minimum atomic E-state index is -0.0576. The van der Waals surface area contributed by atoms with E-state index >= 15 is 0 Å². The van der Waals surface area contributed by atoms with E-state index in [2.05, 4.69) is 6.92 Å². The molecule has 0 amide bonds. The minimum Gasteiger partial charge on any atom is -0.232 e. The van der Waals surface area contributed by atoms with Crippen LogP contribution in [-0.4, -0.2) is 6.61 Å². The average Bonchev–Trinajstić information content (AvgIpc) is 1.89. The van der Waals surface area contributed by atoms with E-state index in [4.69, 9.17) is 0 Å². The van der Waals surface area contributed by atoms with Crippen molar-refractivity contribution in [3.8, 4) is 0 Å². The van der Waals surface area contributed by atoms with Crippen molar-refractivity contribution in [2.45, 2.75) is 39.5 Å². The van der Waals surface area contributed by atoms with Crippen LogP contribution in [0.1, 0.15) is 39.5 Å². The van der Waals surface area contributed by atoms with Crippen LogP contribution in [-0.2, 0) is 5.11 Å². The fourth-order valence-corrected chi connectivity index (χ4v) is 0.898. The Bertz CT molecular complexity index is 94.9. The van der Waals surface area contributed by atoms with Gasteiger partial charge in [-0.2, -0.15) is 0 Å². The molecule has 0 spiro atoms. The molecule has 0 aliphatic rings. The number of hydrogen-bond acceptors (Lipinski definition) is 0. The van der Waals surface area contributed by atoms with E-state index in [1.54, 1.807) is 6.08 Å². The number of allylic oxidation sites excluding steroid dienone is 1. The molecule has 0 atom stereocenters. The minimum absolute atomic E-state index is 0.0576. The summed E-state index contributed by atoms with van der Waals surface area (Å²) < 4.78 is 0. The van der Waals surface area contributed by atoms with Crippen LogP contribution in [0.4, 0.5) is 0 Å². The lowest BCUT2D eigenvalue weighted by molar-refractivity contribution is 0.231. The second-order valence-corrected chi connectivity index (χ2v) is 2.67.